The zero-order valence-corrected chi connectivity index (χ0v) is 19.7. The van der Waals surface area contributed by atoms with Crippen molar-refractivity contribution in [3.63, 3.8) is 0 Å². The van der Waals surface area contributed by atoms with Crippen LogP contribution in [0.2, 0.25) is 0 Å². The van der Waals surface area contributed by atoms with Crippen LogP contribution in [0.1, 0.15) is 63.9 Å². The highest BCUT2D eigenvalue weighted by Crippen LogP contribution is 2.31. The monoisotopic (exact) mass is 469 g/mol. The molecule has 0 saturated heterocycles. The molecule has 3 rings (SSSR count). The van der Waals surface area contributed by atoms with Crippen molar-refractivity contribution < 1.29 is 18.8 Å². The fraction of sp³-hybridized carbons (Fsp3) is 0.304. The van der Waals surface area contributed by atoms with Crippen LogP contribution in [0.4, 0.5) is 5.69 Å². The zero-order chi connectivity index (χ0) is 24.3. The van der Waals surface area contributed by atoms with Gasteiger partial charge in [-0.15, -0.1) is 0 Å². The second-order valence-corrected chi connectivity index (χ2v) is 9.48. The van der Waals surface area contributed by atoms with Gasteiger partial charge in [0.1, 0.15) is 16.7 Å². The van der Waals surface area contributed by atoms with E-state index < -0.39 is 23.4 Å². The van der Waals surface area contributed by atoms with Crippen molar-refractivity contribution in [2.75, 3.05) is 5.73 Å². The number of anilines is 1. The molecule has 5 N–H and O–H groups in total. The lowest BCUT2D eigenvalue weighted by Gasteiger charge is -2.33. The summed E-state index contributed by atoms with van der Waals surface area (Å²) in [5.41, 5.74) is 12.1. The molecule has 2 aromatic heterocycles. The van der Waals surface area contributed by atoms with E-state index in [4.69, 9.17) is 15.9 Å². The van der Waals surface area contributed by atoms with Gasteiger partial charge in [0, 0.05) is 5.54 Å². The molecule has 0 fully saturated rings. The third-order valence-corrected chi connectivity index (χ3v) is 5.63. The number of carbonyl (C=O) groups excluding carboxylic acids is 3. The molecule has 9 nitrogen and oxygen atoms in total. The van der Waals surface area contributed by atoms with Crippen molar-refractivity contribution in [3.05, 3.63) is 70.1 Å². The topological polar surface area (TPSA) is 145 Å². The van der Waals surface area contributed by atoms with E-state index in [1.165, 1.54) is 11.2 Å². The first kappa shape index (κ1) is 24.0. The molecule has 33 heavy (non-hydrogen) atoms. The Balaban J connectivity index is 2.13. The lowest BCUT2D eigenvalue weighted by molar-refractivity contribution is -0.127. The van der Waals surface area contributed by atoms with Gasteiger partial charge in [0.05, 0.1) is 18.5 Å². The first-order valence-corrected chi connectivity index (χ1v) is 11.0. The number of aromatic nitrogens is 1. The summed E-state index contributed by atoms with van der Waals surface area (Å²) < 4.78 is 9.40. The minimum absolute atomic E-state index is 0.00875. The van der Waals surface area contributed by atoms with Crippen LogP contribution >= 0.6 is 11.5 Å². The van der Waals surface area contributed by atoms with Crippen LogP contribution in [-0.2, 0) is 11.3 Å². The smallest absolute Gasteiger partial charge is 0.270 e. The molecule has 0 saturated carbocycles. The van der Waals surface area contributed by atoms with E-state index in [0.29, 0.717) is 11.3 Å². The van der Waals surface area contributed by atoms with E-state index in [0.717, 1.165) is 17.1 Å². The van der Waals surface area contributed by atoms with Gasteiger partial charge in [-0.1, -0.05) is 29.8 Å². The number of nitrogens with two attached hydrogens (primary N) is 2. The normalized spacial score (nSPS) is 12.2. The Morgan fingerprint density at radius 2 is 1.85 bits per heavy atom. The largest absolute Gasteiger partial charge is 0.467 e. The lowest BCUT2D eigenvalue weighted by Crippen LogP contribution is -2.49. The number of rotatable bonds is 7. The average molecular weight is 470 g/mol. The second-order valence-electron chi connectivity index (χ2n) is 8.70. The van der Waals surface area contributed by atoms with Crippen molar-refractivity contribution in [2.45, 2.75) is 45.8 Å². The van der Waals surface area contributed by atoms with Crippen molar-refractivity contribution in [3.8, 4) is 0 Å². The van der Waals surface area contributed by atoms with Crippen LogP contribution in [0.25, 0.3) is 0 Å². The predicted molar refractivity (Wildman–Crippen MR) is 125 cm³/mol. The summed E-state index contributed by atoms with van der Waals surface area (Å²) in [6.07, 6.45) is 1.49. The standard InChI is InChI=1S/C23H27N5O4S/c1-13-7-9-14(10-8-13)18(21(30)26-23(2,3)4)28(12-15-6-5-11-32-15)22(31)19-16(24)17(20(25)29)27-33-19/h5-11,18H,12,24H2,1-4H3,(H2,25,29)(H,26,30)/t18-/m0/s1. The van der Waals surface area contributed by atoms with Crippen LogP contribution in [0.15, 0.2) is 47.1 Å². The highest BCUT2D eigenvalue weighted by Gasteiger charge is 2.36. The molecule has 0 aliphatic carbocycles. The maximum atomic E-state index is 13.7. The Morgan fingerprint density at radius 3 is 2.36 bits per heavy atom. The molecule has 174 valence electrons. The van der Waals surface area contributed by atoms with E-state index in [1.54, 1.807) is 24.3 Å². The molecule has 0 aliphatic rings. The third-order valence-electron chi connectivity index (χ3n) is 4.77. The summed E-state index contributed by atoms with van der Waals surface area (Å²) in [4.78, 5) is 40.2. The predicted octanol–water partition coefficient (Wildman–Crippen LogP) is 3.02. The van der Waals surface area contributed by atoms with Crippen LogP contribution in [0, 0.1) is 6.92 Å². The Hall–Kier alpha value is -3.66. The molecule has 0 radical (unpaired) electrons. The Bertz CT molecular complexity index is 1150. The van der Waals surface area contributed by atoms with Crippen LogP contribution in [-0.4, -0.2) is 32.5 Å². The molecule has 3 amide bonds. The van der Waals surface area contributed by atoms with Gasteiger partial charge in [0.15, 0.2) is 5.69 Å². The second kappa shape index (κ2) is 9.45. The van der Waals surface area contributed by atoms with Gasteiger partial charge in [-0.05, 0) is 56.9 Å². The molecule has 0 spiro atoms. The summed E-state index contributed by atoms with van der Waals surface area (Å²) in [6.45, 7) is 7.50. The summed E-state index contributed by atoms with van der Waals surface area (Å²) in [5.74, 6) is -1.30. The van der Waals surface area contributed by atoms with Gasteiger partial charge in [-0.2, -0.15) is 4.37 Å². The van der Waals surface area contributed by atoms with Gasteiger partial charge in [-0.25, -0.2) is 0 Å². The van der Waals surface area contributed by atoms with E-state index in [9.17, 15) is 14.4 Å². The van der Waals surface area contributed by atoms with Gasteiger partial charge in [-0.3, -0.25) is 14.4 Å². The summed E-state index contributed by atoms with van der Waals surface area (Å²) in [5, 5.41) is 2.96. The molecule has 1 aromatic carbocycles. The maximum Gasteiger partial charge on any atom is 0.270 e. The molecule has 0 aliphatic heterocycles. The maximum absolute atomic E-state index is 13.7. The highest BCUT2D eigenvalue weighted by molar-refractivity contribution is 7.09. The molecule has 1 atom stereocenters. The number of nitrogens with zero attached hydrogens (tertiary/aromatic N) is 2. The number of nitrogens with one attached hydrogen (secondary N) is 1. The summed E-state index contributed by atoms with van der Waals surface area (Å²) in [7, 11) is 0. The van der Waals surface area contributed by atoms with E-state index in [1.807, 2.05) is 39.8 Å². The van der Waals surface area contributed by atoms with Gasteiger partial charge < -0.3 is 26.1 Å². The van der Waals surface area contributed by atoms with Crippen molar-refractivity contribution in [2.24, 2.45) is 5.73 Å². The number of primary amides is 1. The van der Waals surface area contributed by atoms with E-state index in [2.05, 4.69) is 9.69 Å². The van der Waals surface area contributed by atoms with E-state index in [-0.39, 0.29) is 28.7 Å². The molecule has 2 heterocycles. The van der Waals surface area contributed by atoms with Crippen molar-refractivity contribution in [1.82, 2.24) is 14.6 Å². The van der Waals surface area contributed by atoms with Gasteiger partial charge in [0.2, 0.25) is 5.91 Å². The number of nitrogen functional groups attached to an aromatic ring is 1. The number of hydrogen-bond donors (Lipinski definition) is 3. The minimum atomic E-state index is -0.999. The summed E-state index contributed by atoms with van der Waals surface area (Å²) >= 11 is 0.764. The first-order chi connectivity index (χ1) is 15.5. The fourth-order valence-electron chi connectivity index (χ4n) is 3.27. The third kappa shape index (κ3) is 5.58. The Morgan fingerprint density at radius 1 is 1.18 bits per heavy atom. The number of benzene rings is 1. The fourth-order valence-corrected chi connectivity index (χ4v) is 4.03. The highest BCUT2D eigenvalue weighted by atomic mass is 32.1. The molecule has 0 bridgehead atoms. The zero-order valence-electron chi connectivity index (χ0n) is 18.9. The molecule has 0 unspecified atom stereocenters. The van der Waals surface area contributed by atoms with Crippen LogP contribution in [0.5, 0.6) is 0 Å². The number of aryl methyl sites for hydroxylation is 1. The van der Waals surface area contributed by atoms with Gasteiger partial charge in [0.25, 0.3) is 11.8 Å². The number of hydrogen-bond acceptors (Lipinski definition) is 7. The lowest BCUT2D eigenvalue weighted by atomic mass is 10.00. The molecular weight excluding hydrogens is 442 g/mol. The summed E-state index contributed by atoms with van der Waals surface area (Å²) in [6, 6.07) is 9.74. The molecule has 10 heteroatoms. The van der Waals surface area contributed by atoms with Crippen molar-refractivity contribution in [1.29, 1.82) is 0 Å². The Kier molecular flexibility index (Phi) is 6.87. The number of furan rings is 1. The number of amides is 3. The first-order valence-electron chi connectivity index (χ1n) is 10.2. The Labute approximate surface area is 195 Å². The van der Waals surface area contributed by atoms with E-state index >= 15 is 0 Å². The quantitative estimate of drug-likeness (QED) is 0.485. The molecular formula is C23H27N5O4S. The van der Waals surface area contributed by atoms with Crippen LogP contribution in [0.3, 0.4) is 0 Å². The van der Waals surface area contributed by atoms with Crippen LogP contribution < -0.4 is 16.8 Å². The average Bonchev–Trinajstić information content (AvgIpc) is 3.36. The van der Waals surface area contributed by atoms with Crippen molar-refractivity contribution >= 4 is 34.9 Å². The minimum Gasteiger partial charge on any atom is -0.467 e. The van der Waals surface area contributed by atoms with Gasteiger partial charge >= 0.3 is 0 Å². The SMILES string of the molecule is Cc1ccc([C@@H](C(=O)NC(C)(C)C)N(Cc2ccco2)C(=O)c2snc(C(N)=O)c2N)cc1. The molecule has 3 aromatic rings. The number of carbonyl (C=O) groups is 3.